The van der Waals surface area contributed by atoms with Crippen LogP contribution in [0.5, 0.6) is 0 Å². The Kier molecular flexibility index (Phi) is 2.95. The zero-order chi connectivity index (χ0) is 14.3. The highest BCUT2D eigenvalue weighted by molar-refractivity contribution is 9.10. The molecular weight excluding hydrogens is 330 g/mol. The third kappa shape index (κ3) is 1.94. The molecule has 0 radical (unpaired) electrons. The summed E-state index contributed by atoms with van der Waals surface area (Å²) >= 11 is 3.31. The molecule has 0 saturated carbocycles. The van der Waals surface area contributed by atoms with Gasteiger partial charge in [-0.1, -0.05) is 0 Å². The van der Waals surface area contributed by atoms with Crippen molar-refractivity contribution in [2.24, 2.45) is 0 Å². The summed E-state index contributed by atoms with van der Waals surface area (Å²) in [4.78, 5) is 3.36. The van der Waals surface area contributed by atoms with Gasteiger partial charge in [-0.15, -0.1) is 0 Å². The van der Waals surface area contributed by atoms with Crippen molar-refractivity contribution in [3.8, 4) is 17.2 Å². The summed E-state index contributed by atoms with van der Waals surface area (Å²) in [5.41, 5.74) is 1.77. The summed E-state index contributed by atoms with van der Waals surface area (Å²) in [6, 6.07) is 4.76. The summed E-state index contributed by atoms with van der Waals surface area (Å²) in [7, 11) is 0. The number of aromatic nitrogens is 3. The first-order chi connectivity index (χ1) is 9.60. The monoisotopic (exact) mass is 334 g/mol. The predicted octanol–water partition coefficient (Wildman–Crippen LogP) is 3.31. The van der Waals surface area contributed by atoms with Crippen LogP contribution in [0.2, 0.25) is 0 Å². The Bertz CT molecular complexity index is 867. The molecule has 3 heterocycles. The van der Waals surface area contributed by atoms with Gasteiger partial charge in [-0.3, -0.25) is 0 Å². The van der Waals surface area contributed by atoms with Crippen molar-refractivity contribution in [1.82, 2.24) is 14.6 Å². The number of halogens is 3. The van der Waals surface area contributed by atoms with Crippen LogP contribution in [0.25, 0.3) is 16.6 Å². The molecule has 98 valence electrons. The van der Waals surface area contributed by atoms with E-state index in [2.05, 4.69) is 26.0 Å². The van der Waals surface area contributed by atoms with Gasteiger partial charge in [-0.25, -0.2) is 13.9 Å². The quantitative estimate of drug-likeness (QED) is 0.641. The Hall–Kier alpha value is -2.33. The van der Waals surface area contributed by atoms with E-state index in [1.54, 1.807) is 12.3 Å². The number of nitriles is 1. The molecule has 0 aliphatic heterocycles. The van der Waals surface area contributed by atoms with Crippen LogP contribution in [-0.2, 0) is 0 Å². The normalized spacial score (nSPS) is 10.7. The molecule has 0 bridgehead atoms. The van der Waals surface area contributed by atoms with Crippen LogP contribution in [0, 0.1) is 23.1 Å². The van der Waals surface area contributed by atoms with E-state index in [4.69, 9.17) is 5.26 Å². The second-order valence-corrected chi connectivity index (χ2v) is 4.95. The van der Waals surface area contributed by atoms with E-state index >= 15 is 0 Å². The first-order valence-corrected chi connectivity index (χ1v) is 6.28. The molecular formula is C13H5BrF2N4. The SMILES string of the molecule is N#Cc1cnn2cc(Br)cc(-c3cnc(F)c(F)c3)c12. The average Bonchev–Trinajstić information content (AvgIpc) is 2.83. The second-order valence-electron chi connectivity index (χ2n) is 4.03. The minimum absolute atomic E-state index is 0.345. The minimum atomic E-state index is -1.16. The zero-order valence-electron chi connectivity index (χ0n) is 9.81. The van der Waals surface area contributed by atoms with Crippen LogP contribution in [-0.4, -0.2) is 14.6 Å². The van der Waals surface area contributed by atoms with Crippen molar-refractivity contribution < 1.29 is 8.78 Å². The van der Waals surface area contributed by atoms with Crippen LogP contribution < -0.4 is 0 Å². The molecule has 0 aromatic carbocycles. The Balaban J connectivity index is 2.37. The highest BCUT2D eigenvalue weighted by atomic mass is 79.9. The van der Waals surface area contributed by atoms with Gasteiger partial charge < -0.3 is 0 Å². The van der Waals surface area contributed by atoms with Crippen LogP contribution in [0.3, 0.4) is 0 Å². The van der Waals surface area contributed by atoms with Crippen molar-refractivity contribution in [3.63, 3.8) is 0 Å². The van der Waals surface area contributed by atoms with Crippen molar-refractivity contribution >= 4 is 21.4 Å². The van der Waals surface area contributed by atoms with Crippen LogP contribution in [0.4, 0.5) is 8.78 Å². The van der Waals surface area contributed by atoms with Crippen molar-refractivity contribution in [3.05, 3.63) is 52.5 Å². The maximum Gasteiger partial charge on any atom is 0.248 e. The van der Waals surface area contributed by atoms with Gasteiger partial charge >= 0.3 is 0 Å². The molecule has 0 spiro atoms. The lowest BCUT2D eigenvalue weighted by Gasteiger charge is -2.06. The highest BCUT2D eigenvalue weighted by Gasteiger charge is 2.14. The molecule has 20 heavy (non-hydrogen) atoms. The summed E-state index contributed by atoms with van der Waals surface area (Å²) in [5, 5.41) is 13.2. The molecule has 0 aliphatic carbocycles. The maximum absolute atomic E-state index is 13.3. The lowest BCUT2D eigenvalue weighted by Crippen LogP contribution is -1.94. The molecule has 0 amide bonds. The standard InChI is InChI=1S/C13H5BrF2N4/c14-9-2-10(7-1-11(15)13(16)18-4-7)12-8(3-17)5-19-20(12)6-9/h1-2,4-6H. The van der Waals surface area contributed by atoms with Crippen LogP contribution in [0.15, 0.2) is 35.2 Å². The third-order valence-electron chi connectivity index (χ3n) is 2.81. The number of hydrogen-bond acceptors (Lipinski definition) is 3. The summed E-state index contributed by atoms with van der Waals surface area (Å²) in [6.07, 6.45) is 4.31. The Morgan fingerprint density at radius 3 is 2.75 bits per heavy atom. The minimum Gasteiger partial charge on any atom is -0.238 e. The molecule has 3 aromatic rings. The van der Waals surface area contributed by atoms with E-state index in [1.165, 1.54) is 16.9 Å². The van der Waals surface area contributed by atoms with E-state index < -0.39 is 11.8 Å². The lowest BCUT2D eigenvalue weighted by molar-refractivity contribution is 0.480. The van der Waals surface area contributed by atoms with Gasteiger partial charge in [-0.05, 0) is 28.1 Å². The van der Waals surface area contributed by atoms with Crippen LogP contribution in [0.1, 0.15) is 5.56 Å². The van der Waals surface area contributed by atoms with Gasteiger partial charge in [0.25, 0.3) is 0 Å². The molecule has 0 saturated heterocycles. The van der Waals surface area contributed by atoms with Crippen molar-refractivity contribution in [2.75, 3.05) is 0 Å². The lowest BCUT2D eigenvalue weighted by atomic mass is 10.1. The largest absolute Gasteiger partial charge is 0.248 e. The average molecular weight is 335 g/mol. The third-order valence-corrected chi connectivity index (χ3v) is 3.24. The fraction of sp³-hybridized carbons (Fsp3) is 0. The van der Waals surface area contributed by atoms with Gasteiger partial charge in [0.15, 0.2) is 5.82 Å². The highest BCUT2D eigenvalue weighted by Crippen LogP contribution is 2.30. The Morgan fingerprint density at radius 2 is 2.05 bits per heavy atom. The van der Waals surface area contributed by atoms with Crippen LogP contribution >= 0.6 is 15.9 Å². The number of fused-ring (bicyclic) bond motifs is 1. The first-order valence-electron chi connectivity index (χ1n) is 5.48. The van der Waals surface area contributed by atoms with Crippen molar-refractivity contribution in [2.45, 2.75) is 0 Å². The molecule has 7 heteroatoms. The van der Waals surface area contributed by atoms with E-state index in [0.29, 0.717) is 26.7 Å². The zero-order valence-corrected chi connectivity index (χ0v) is 11.4. The van der Waals surface area contributed by atoms with E-state index in [1.807, 2.05) is 6.07 Å². The fourth-order valence-corrected chi connectivity index (χ4v) is 2.38. The first kappa shape index (κ1) is 12.7. The number of hydrogen-bond donors (Lipinski definition) is 0. The van der Waals surface area contributed by atoms with E-state index in [-0.39, 0.29) is 0 Å². The fourth-order valence-electron chi connectivity index (χ4n) is 1.96. The van der Waals surface area contributed by atoms with E-state index in [0.717, 1.165) is 6.07 Å². The predicted molar refractivity (Wildman–Crippen MR) is 70.8 cm³/mol. The summed E-state index contributed by atoms with van der Waals surface area (Å²) in [5.74, 6) is -2.20. The number of nitrogens with zero attached hydrogens (tertiary/aromatic N) is 4. The molecule has 0 unspecified atom stereocenters. The van der Waals surface area contributed by atoms with E-state index in [9.17, 15) is 8.78 Å². The Morgan fingerprint density at radius 1 is 1.25 bits per heavy atom. The summed E-state index contributed by atoms with van der Waals surface area (Å²) < 4.78 is 28.5. The topological polar surface area (TPSA) is 54.0 Å². The van der Waals surface area contributed by atoms with Gasteiger partial charge in [0.1, 0.15) is 6.07 Å². The van der Waals surface area contributed by atoms with Gasteiger partial charge in [0.05, 0.1) is 17.3 Å². The van der Waals surface area contributed by atoms with Gasteiger partial charge in [-0.2, -0.15) is 14.8 Å². The molecule has 0 atom stereocenters. The maximum atomic E-state index is 13.3. The molecule has 3 rings (SSSR count). The van der Waals surface area contributed by atoms with Gasteiger partial charge in [0, 0.05) is 28.0 Å². The smallest absolute Gasteiger partial charge is 0.238 e. The number of pyridine rings is 2. The van der Waals surface area contributed by atoms with Crippen molar-refractivity contribution in [1.29, 1.82) is 5.26 Å². The molecule has 0 fully saturated rings. The molecule has 4 nitrogen and oxygen atoms in total. The summed E-state index contributed by atoms with van der Waals surface area (Å²) in [6.45, 7) is 0. The Labute approximate surface area is 120 Å². The second kappa shape index (κ2) is 4.65. The number of rotatable bonds is 1. The van der Waals surface area contributed by atoms with Gasteiger partial charge in [0.2, 0.25) is 5.95 Å². The molecule has 0 aliphatic rings. The molecule has 0 N–H and O–H groups in total. The molecule has 3 aromatic heterocycles.